The molecule has 4 aliphatic rings. The monoisotopic (exact) mass is 404 g/mol. The molecule has 2 N–H and O–H groups in total. The van der Waals surface area contributed by atoms with Crippen LogP contribution in [0, 0.1) is 11.6 Å². The quantitative estimate of drug-likeness (QED) is 0.557. The van der Waals surface area contributed by atoms with Crippen molar-refractivity contribution in [2.24, 2.45) is 0 Å². The van der Waals surface area contributed by atoms with E-state index in [0.717, 1.165) is 25.6 Å². The van der Waals surface area contributed by atoms with Gasteiger partial charge in [0.2, 0.25) is 5.78 Å². The highest BCUT2D eigenvalue weighted by Crippen LogP contribution is 2.43. The summed E-state index contributed by atoms with van der Waals surface area (Å²) in [5, 5.41) is 6.29. The first kappa shape index (κ1) is 18.6. The molecule has 4 heterocycles. The number of rotatable bonds is 4. The van der Waals surface area contributed by atoms with Crippen molar-refractivity contribution < 1.29 is 23.2 Å². The molecule has 1 amide bonds. The number of piperazine rings is 1. The van der Waals surface area contributed by atoms with Gasteiger partial charge in [-0.25, -0.2) is 8.78 Å². The Morgan fingerprint density at radius 3 is 2.52 bits per heavy atom. The summed E-state index contributed by atoms with van der Waals surface area (Å²) in [5.41, 5.74) is 1.01. The topological polar surface area (TPSA) is 81.8 Å². The Kier molecular flexibility index (Phi) is 4.40. The van der Waals surface area contributed by atoms with Crippen molar-refractivity contribution in [3.8, 4) is 0 Å². The first-order valence-electron chi connectivity index (χ1n) is 10.0. The number of anilines is 1. The number of ketones is 1. The minimum Gasteiger partial charge on any atom is -0.360 e. The van der Waals surface area contributed by atoms with Crippen LogP contribution in [0.25, 0.3) is 0 Å². The number of piperidine rings is 2. The van der Waals surface area contributed by atoms with Crippen molar-refractivity contribution in [1.29, 1.82) is 0 Å². The van der Waals surface area contributed by atoms with Crippen molar-refractivity contribution in [2.75, 3.05) is 24.5 Å². The van der Waals surface area contributed by atoms with E-state index in [1.165, 1.54) is 0 Å². The number of Topliss-reactive ketones (excluding diaryl/α,β-unsaturated/α-hetero) is 1. The SMILES string of the molecule is O=CC(=O)C1CCC(N2Cc3c(cc(F)c(F)c3N3C4CNCC3C4)C2=O)CN1. The molecule has 0 saturated carbocycles. The van der Waals surface area contributed by atoms with Gasteiger partial charge in [-0.15, -0.1) is 0 Å². The van der Waals surface area contributed by atoms with Crippen LogP contribution in [-0.4, -0.2) is 66.7 Å². The fourth-order valence-corrected chi connectivity index (χ4v) is 5.24. The van der Waals surface area contributed by atoms with Gasteiger partial charge in [-0.1, -0.05) is 0 Å². The molecule has 7 nitrogen and oxygen atoms in total. The smallest absolute Gasteiger partial charge is 0.254 e. The normalized spacial score (nSPS) is 30.8. The van der Waals surface area contributed by atoms with Crippen molar-refractivity contribution in [3.63, 3.8) is 0 Å². The maximum Gasteiger partial charge on any atom is 0.254 e. The third-order valence-electron chi connectivity index (χ3n) is 6.76. The van der Waals surface area contributed by atoms with E-state index in [-0.39, 0.29) is 41.8 Å². The second kappa shape index (κ2) is 6.84. The Labute approximate surface area is 166 Å². The fourth-order valence-electron chi connectivity index (χ4n) is 5.24. The summed E-state index contributed by atoms with van der Waals surface area (Å²) < 4.78 is 29.2. The van der Waals surface area contributed by atoms with E-state index in [1.54, 1.807) is 4.90 Å². The molecule has 1 aromatic rings. The Morgan fingerprint density at radius 1 is 1.14 bits per heavy atom. The first-order valence-corrected chi connectivity index (χ1v) is 10.0. The Hall–Kier alpha value is -2.39. The third-order valence-corrected chi connectivity index (χ3v) is 6.76. The lowest BCUT2D eigenvalue weighted by atomic mass is 9.86. The molecular weight excluding hydrogens is 382 g/mol. The summed E-state index contributed by atoms with van der Waals surface area (Å²) in [7, 11) is 0. The van der Waals surface area contributed by atoms with Crippen LogP contribution >= 0.6 is 0 Å². The molecule has 0 aromatic heterocycles. The highest BCUT2D eigenvalue weighted by atomic mass is 19.2. The predicted molar refractivity (Wildman–Crippen MR) is 99.7 cm³/mol. The maximum absolute atomic E-state index is 14.9. The van der Waals surface area contributed by atoms with Gasteiger partial charge in [-0.05, 0) is 25.3 Å². The standard InChI is InChI=1S/C20H22F2N4O3/c21-15-4-13-14(19(18(15)22)26-11-3-12(26)6-23-5-11)8-25(20(13)29)10-1-2-16(24-7-10)17(28)9-27/h4,9-12,16,23-24H,1-3,5-8H2. The molecule has 29 heavy (non-hydrogen) atoms. The molecule has 3 fully saturated rings. The zero-order valence-electron chi connectivity index (χ0n) is 15.8. The highest BCUT2D eigenvalue weighted by molar-refractivity contribution is 6.27. The number of halogens is 2. The van der Waals surface area contributed by atoms with Crippen LogP contribution in [0.15, 0.2) is 6.07 Å². The summed E-state index contributed by atoms with van der Waals surface area (Å²) in [6.45, 7) is 2.03. The summed E-state index contributed by atoms with van der Waals surface area (Å²) in [5.74, 6) is -2.68. The van der Waals surface area contributed by atoms with E-state index in [1.807, 2.05) is 4.90 Å². The molecule has 4 unspecified atom stereocenters. The van der Waals surface area contributed by atoms with Gasteiger partial charge in [0.25, 0.3) is 5.91 Å². The van der Waals surface area contributed by atoms with Crippen molar-refractivity contribution in [3.05, 3.63) is 28.8 Å². The lowest BCUT2D eigenvalue weighted by molar-refractivity contribution is -0.131. The summed E-state index contributed by atoms with van der Waals surface area (Å²) in [6, 6.07) is 0.526. The number of carbonyl (C=O) groups excluding carboxylic acids is 3. The van der Waals surface area contributed by atoms with Gasteiger partial charge < -0.3 is 20.4 Å². The maximum atomic E-state index is 14.9. The molecule has 4 aliphatic heterocycles. The van der Waals surface area contributed by atoms with Crippen LogP contribution in [0.3, 0.4) is 0 Å². The predicted octanol–water partition coefficient (Wildman–Crippen LogP) is 0.360. The lowest BCUT2D eigenvalue weighted by Gasteiger charge is -2.55. The summed E-state index contributed by atoms with van der Waals surface area (Å²) in [4.78, 5) is 38.8. The average Bonchev–Trinajstić information content (AvgIpc) is 3.07. The number of amides is 1. The number of fused-ring (bicyclic) bond motifs is 3. The molecule has 9 heteroatoms. The number of hydrogen-bond acceptors (Lipinski definition) is 6. The first-order chi connectivity index (χ1) is 14.0. The zero-order valence-corrected chi connectivity index (χ0v) is 15.8. The molecule has 1 aromatic carbocycles. The molecule has 5 rings (SSSR count). The van der Waals surface area contributed by atoms with Crippen molar-refractivity contribution in [1.82, 2.24) is 15.5 Å². The zero-order chi connectivity index (χ0) is 20.3. The van der Waals surface area contributed by atoms with Gasteiger partial charge >= 0.3 is 0 Å². The minimum absolute atomic E-state index is 0.116. The molecule has 4 atom stereocenters. The van der Waals surface area contributed by atoms with E-state index in [0.29, 0.717) is 31.2 Å². The van der Waals surface area contributed by atoms with Gasteiger partial charge in [0.15, 0.2) is 17.9 Å². The Morgan fingerprint density at radius 2 is 1.90 bits per heavy atom. The largest absolute Gasteiger partial charge is 0.360 e. The van der Waals surface area contributed by atoms with Crippen LogP contribution in [0.1, 0.15) is 35.2 Å². The van der Waals surface area contributed by atoms with E-state index in [9.17, 15) is 23.2 Å². The Balaban J connectivity index is 1.42. The minimum atomic E-state index is -0.995. The van der Waals surface area contributed by atoms with E-state index >= 15 is 0 Å². The van der Waals surface area contributed by atoms with Gasteiger partial charge in [0.05, 0.1) is 11.7 Å². The number of benzene rings is 1. The molecule has 2 bridgehead atoms. The highest BCUT2D eigenvalue weighted by Gasteiger charge is 2.46. The average molecular weight is 404 g/mol. The second-order valence-electron chi connectivity index (χ2n) is 8.30. The second-order valence-corrected chi connectivity index (χ2v) is 8.30. The lowest BCUT2D eigenvalue weighted by Crippen LogP contribution is -2.68. The van der Waals surface area contributed by atoms with Crippen molar-refractivity contribution >= 4 is 23.7 Å². The van der Waals surface area contributed by atoms with Crippen LogP contribution in [-0.2, 0) is 16.1 Å². The number of aldehydes is 1. The molecule has 154 valence electrons. The molecular formula is C20H22F2N4O3. The van der Waals surface area contributed by atoms with Crippen LogP contribution in [0.4, 0.5) is 14.5 Å². The van der Waals surface area contributed by atoms with Crippen LogP contribution in [0.5, 0.6) is 0 Å². The number of nitrogens with one attached hydrogen (secondary N) is 2. The molecule has 0 radical (unpaired) electrons. The van der Waals surface area contributed by atoms with Gasteiger partial charge in [0.1, 0.15) is 0 Å². The van der Waals surface area contributed by atoms with Gasteiger partial charge in [-0.2, -0.15) is 0 Å². The number of hydrogen-bond donors (Lipinski definition) is 2. The van der Waals surface area contributed by atoms with E-state index in [2.05, 4.69) is 10.6 Å². The third kappa shape index (κ3) is 2.78. The van der Waals surface area contributed by atoms with E-state index < -0.39 is 23.5 Å². The van der Waals surface area contributed by atoms with Gasteiger partial charge in [0, 0.05) is 55.4 Å². The summed E-state index contributed by atoms with van der Waals surface area (Å²) >= 11 is 0. The number of carbonyl (C=O) groups is 3. The van der Waals surface area contributed by atoms with Crippen molar-refractivity contribution in [2.45, 2.75) is 50.0 Å². The van der Waals surface area contributed by atoms with Crippen LogP contribution < -0.4 is 15.5 Å². The van der Waals surface area contributed by atoms with Crippen LogP contribution in [0.2, 0.25) is 0 Å². The van der Waals surface area contributed by atoms with E-state index in [4.69, 9.17) is 0 Å². The summed E-state index contributed by atoms with van der Waals surface area (Å²) in [6.07, 6.45) is 2.25. The number of nitrogens with zero attached hydrogens (tertiary/aromatic N) is 2. The molecule has 0 aliphatic carbocycles. The fraction of sp³-hybridized carbons (Fsp3) is 0.550. The molecule has 0 spiro atoms. The Bertz CT molecular complexity index is 886. The molecule has 3 saturated heterocycles. The van der Waals surface area contributed by atoms with Gasteiger partial charge in [-0.3, -0.25) is 14.4 Å².